The number of nitrogens with zero attached hydrogens (tertiary/aromatic N) is 1. The second-order valence-electron chi connectivity index (χ2n) is 6.52. The normalized spacial score (nSPS) is 19.1. The highest BCUT2D eigenvalue weighted by Gasteiger charge is 2.34. The summed E-state index contributed by atoms with van der Waals surface area (Å²) in [5.74, 6) is -0.270. The van der Waals surface area contributed by atoms with Crippen molar-refractivity contribution in [1.82, 2.24) is 10.2 Å². The van der Waals surface area contributed by atoms with Gasteiger partial charge in [0.15, 0.2) is 0 Å². The van der Waals surface area contributed by atoms with Crippen molar-refractivity contribution in [3.05, 3.63) is 29.8 Å². The summed E-state index contributed by atoms with van der Waals surface area (Å²) >= 11 is 0. The molecule has 1 aromatic rings. The van der Waals surface area contributed by atoms with E-state index in [9.17, 15) is 18.0 Å². The SMILES string of the molecule is CC(C)(C)OC(=O)N1CCNC(c2ccccc2OC(F)(F)F)C1. The molecule has 1 amide bonds. The highest BCUT2D eigenvalue weighted by molar-refractivity contribution is 5.68. The Morgan fingerprint density at radius 1 is 1.25 bits per heavy atom. The standard InChI is InChI=1S/C16H21F3N2O3/c1-15(2,3)24-14(22)21-9-8-20-12(10-21)11-6-4-5-7-13(11)23-16(17,18)19/h4-7,12,20H,8-10H2,1-3H3. The number of nitrogens with one attached hydrogen (secondary N) is 1. The number of amides is 1. The Hall–Kier alpha value is -1.96. The van der Waals surface area contributed by atoms with Gasteiger partial charge in [-0.05, 0) is 26.8 Å². The molecule has 1 N–H and O–H groups in total. The van der Waals surface area contributed by atoms with E-state index in [1.807, 2.05) is 0 Å². The third-order valence-corrected chi connectivity index (χ3v) is 3.35. The summed E-state index contributed by atoms with van der Waals surface area (Å²) in [5.41, 5.74) is -0.280. The van der Waals surface area contributed by atoms with Crippen LogP contribution in [0, 0.1) is 0 Å². The lowest BCUT2D eigenvalue weighted by molar-refractivity contribution is -0.275. The van der Waals surface area contributed by atoms with Gasteiger partial charge < -0.3 is 19.7 Å². The molecule has 1 heterocycles. The maximum absolute atomic E-state index is 12.6. The molecule has 1 aliphatic rings. The minimum absolute atomic E-state index is 0.202. The van der Waals surface area contributed by atoms with Crippen LogP contribution in [0.4, 0.5) is 18.0 Å². The summed E-state index contributed by atoms with van der Waals surface area (Å²) in [6.07, 6.45) is -5.25. The highest BCUT2D eigenvalue weighted by Crippen LogP contribution is 2.31. The van der Waals surface area contributed by atoms with E-state index in [0.29, 0.717) is 18.7 Å². The predicted molar refractivity (Wildman–Crippen MR) is 81.7 cm³/mol. The molecule has 24 heavy (non-hydrogen) atoms. The summed E-state index contributed by atoms with van der Waals surface area (Å²) < 4.78 is 47.1. The first-order chi connectivity index (χ1) is 11.1. The monoisotopic (exact) mass is 346 g/mol. The number of benzene rings is 1. The number of carbonyl (C=O) groups excluding carboxylic acids is 1. The zero-order chi connectivity index (χ0) is 18.0. The zero-order valence-electron chi connectivity index (χ0n) is 13.8. The molecule has 1 aromatic carbocycles. The van der Waals surface area contributed by atoms with Crippen molar-refractivity contribution < 1.29 is 27.4 Å². The summed E-state index contributed by atoms with van der Waals surface area (Å²) in [5, 5.41) is 3.11. The van der Waals surface area contributed by atoms with Crippen LogP contribution in [0.25, 0.3) is 0 Å². The van der Waals surface area contributed by atoms with Gasteiger partial charge >= 0.3 is 12.5 Å². The molecule has 1 saturated heterocycles. The number of ether oxygens (including phenoxy) is 2. The topological polar surface area (TPSA) is 50.8 Å². The molecule has 5 nitrogen and oxygen atoms in total. The van der Waals surface area contributed by atoms with Crippen LogP contribution in [-0.4, -0.2) is 42.6 Å². The van der Waals surface area contributed by atoms with Gasteiger partial charge in [-0.25, -0.2) is 4.79 Å². The van der Waals surface area contributed by atoms with E-state index in [1.165, 1.54) is 17.0 Å². The molecular weight excluding hydrogens is 325 g/mol. The van der Waals surface area contributed by atoms with Gasteiger partial charge in [0, 0.05) is 25.2 Å². The number of piperazine rings is 1. The Bertz CT molecular complexity index is 585. The second-order valence-corrected chi connectivity index (χ2v) is 6.52. The molecule has 0 aromatic heterocycles. The first kappa shape index (κ1) is 18.4. The van der Waals surface area contributed by atoms with Crippen molar-refractivity contribution in [1.29, 1.82) is 0 Å². The van der Waals surface area contributed by atoms with Gasteiger partial charge in [-0.15, -0.1) is 13.2 Å². The van der Waals surface area contributed by atoms with Crippen molar-refractivity contribution in [3.63, 3.8) is 0 Å². The van der Waals surface area contributed by atoms with Gasteiger partial charge in [-0.2, -0.15) is 0 Å². The average molecular weight is 346 g/mol. The second kappa shape index (κ2) is 6.88. The molecule has 1 fully saturated rings. The smallest absolute Gasteiger partial charge is 0.444 e. The van der Waals surface area contributed by atoms with Gasteiger partial charge in [0.2, 0.25) is 0 Å². The zero-order valence-corrected chi connectivity index (χ0v) is 13.8. The molecular formula is C16H21F3N2O3. The van der Waals surface area contributed by atoms with Crippen molar-refractivity contribution in [2.24, 2.45) is 0 Å². The summed E-state index contributed by atoms with van der Waals surface area (Å²) in [4.78, 5) is 13.7. The van der Waals surface area contributed by atoms with E-state index in [0.717, 1.165) is 0 Å². The number of para-hydroxylation sites is 1. The molecule has 0 spiro atoms. The summed E-state index contributed by atoms with van der Waals surface area (Å²) in [6.45, 7) is 6.36. The van der Waals surface area contributed by atoms with Crippen molar-refractivity contribution in [2.75, 3.05) is 19.6 Å². The maximum atomic E-state index is 12.6. The maximum Gasteiger partial charge on any atom is 0.573 e. The van der Waals surface area contributed by atoms with E-state index in [-0.39, 0.29) is 12.3 Å². The Morgan fingerprint density at radius 3 is 2.54 bits per heavy atom. The fourth-order valence-electron chi connectivity index (χ4n) is 2.44. The minimum atomic E-state index is -4.77. The lowest BCUT2D eigenvalue weighted by atomic mass is 10.0. The fourth-order valence-corrected chi connectivity index (χ4v) is 2.44. The van der Waals surface area contributed by atoms with Crippen LogP contribution in [0.15, 0.2) is 24.3 Å². The van der Waals surface area contributed by atoms with Crippen molar-refractivity contribution >= 4 is 6.09 Å². The van der Waals surface area contributed by atoms with Gasteiger partial charge in [0.05, 0.1) is 6.04 Å². The highest BCUT2D eigenvalue weighted by atomic mass is 19.4. The lowest BCUT2D eigenvalue weighted by Crippen LogP contribution is -2.49. The first-order valence-electron chi connectivity index (χ1n) is 7.61. The molecule has 1 aliphatic heterocycles. The van der Waals surface area contributed by atoms with E-state index < -0.39 is 24.1 Å². The van der Waals surface area contributed by atoms with Crippen molar-refractivity contribution in [2.45, 2.75) is 38.8 Å². The Morgan fingerprint density at radius 2 is 1.92 bits per heavy atom. The number of hydrogen-bond donors (Lipinski definition) is 1. The van der Waals surface area contributed by atoms with E-state index in [1.54, 1.807) is 32.9 Å². The van der Waals surface area contributed by atoms with Gasteiger partial charge in [-0.1, -0.05) is 18.2 Å². The van der Waals surface area contributed by atoms with Crippen LogP contribution < -0.4 is 10.1 Å². The van der Waals surface area contributed by atoms with Crippen LogP contribution in [0.2, 0.25) is 0 Å². The molecule has 0 bridgehead atoms. The van der Waals surface area contributed by atoms with Gasteiger partial charge in [0.25, 0.3) is 0 Å². The molecule has 134 valence electrons. The van der Waals surface area contributed by atoms with Gasteiger partial charge in [-0.3, -0.25) is 0 Å². The molecule has 1 atom stereocenters. The predicted octanol–water partition coefficient (Wildman–Crippen LogP) is 3.47. The average Bonchev–Trinajstić information content (AvgIpc) is 2.44. The number of alkyl halides is 3. The van der Waals surface area contributed by atoms with Crippen LogP contribution in [-0.2, 0) is 4.74 Å². The van der Waals surface area contributed by atoms with Crippen LogP contribution in [0.5, 0.6) is 5.75 Å². The Balaban J connectivity index is 2.14. The molecule has 8 heteroatoms. The molecule has 2 rings (SSSR count). The van der Waals surface area contributed by atoms with E-state index in [4.69, 9.17) is 4.74 Å². The van der Waals surface area contributed by atoms with Crippen LogP contribution >= 0.6 is 0 Å². The number of rotatable bonds is 2. The summed E-state index contributed by atoms with van der Waals surface area (Å²) in [6, 6.07) is 5.45. The third-order valence-electron chi connectivity index (χ3n) is 3.35. The molecule has 0 saturated carbocycles. The molecule has 1 unspecified atom stereocenters. The summed E-state index contributed by atoms with van der Waals surface area (Å²) in [7, 11) is 0. The van der Waals surface area contributed by atoms with E-state index in [2.05, 4.69) is 10.1 Å². The lowest BCUT2D eigenvalue weighted by Gasteiger charge is -2.35. The molecule has 0 radical (unpaired) electrons. The Kier molecular flexibility index (Phi) is 5.27. The van der Waals surface area contributed by atoms with Crippen LogP contribution in [0.1, 0.15) is 32.4 Å². The largest absolute Gasteiger partial charge is 0.573 e. The molecule has 0 aliphatic carbocycles. The third kappa shape index (κ3) is 5.30. The van der Waals surface area contributed by atoms with Crippen molar-refractivity contribution in [3.8, 4) is 5.75 Å². The van der Waals surface area contributed by atoms with E-state index >= 15 is 0 Å². The minimum Gasteiger partial charge on any atom is -0.444 e. The number of carbonyl (C=O) groups is 1. The quantitative estimate of drug-likeness (QED) is 0.891. The van der Waals surface area contributed by atoms with Crippen LogP contribution in [0.3, 0.4) is 0 Å². The Labute approximate surface area is 138 Å². The number of hydrogen-bond acceptors (Lipinski definition) is 4. The fraction of sp³-hybridized carbons (Fsp3) is 0.562. The number of halogens is 3. The van der Waals surface area contributed by atoms with Gasteiger partial charge in [0.1, 0.15) is 11.4 Å². The first-order valence-corrected chi connectivity index (χ1v) is 7.61.